The van der Waals surface area contributed by atoms with Crippen LogP contribution in [0.4, 0.5) is 0 Å². The summed E-state index contributed by atoms with van der Waals surface area (Å²) in [6.45, 7) is 4.83. The molecule has 0 aromatic carbocycles. The summed E-state index contributed by atoms with van der Waals surface area (Å²) in [6, 6.07) is 0.146. The molecule has 5 heteroatoms. The molecule has 94 valence electrons. The predicted molar refractivity (Wildman–Crippen MR) is 63.8 cm³/mol. The Balaban J connectivity index is 3.43. The minimum absolute atomic E-state index is 0.00852. The van der Waals surface area contributed by atoms with E-state index in [4.69, 9.17) is 5.73 Å². The molecule has 5 nitrogen and oxygen atoms in total. The Morgan fingerprint density at radius 2 is 1.81 bits per heavy atom. The van der Waals surface area contributed by atoms with Gasteiger partial charge in [-0.3, -0.25) is 9.59 Å². The molecule has 0 saturated carbocycles. The highest BCUT2D eigenvalue weighted by Crippen LogP contribution is 1.93. The quantitative estimate of drug-likeness (QED) is 0.518. The highest BCUT2D eigenvalue weighted by atomic mass is 16.2. The average molecular weight is 229 g/mol. The van der Waals surface area contributed by atoms with Gasteiger partial charge in [0.15, 0.2) is 0 Å². The molecule has 0 aliphatic heterocycles. The molecule has 0 rings (SSSR count). The van der Waals surface area contributed by atoms with Crippen LogP contribution in [0.5, 0.6) is 0 Å². The van der Waals surface area contributed by atoms with Crippen molar-refractivity contribution in [2.45, 2.75) is 45.6 Å². The number of hydrogen-bond acceptors (Lipinski definition) is 3. The van der Waals surface area contributed by atoms with Crippen molar-refractivity contribution in [1.82, 2.24) is 10.6 Å². The van der Waals surface area contributed by atoms with Crippen LogP contribution >= 0.6 is 0 Å². The van der Waals surface area contributed by atoms with E-state index in [-0.39, 0.29) is 17.9 Å². The first kappa shape index (κ1) is 14.9. The van der Waals surface area contributed by atoms with Gasteiger partial charge in [-0.15, -0.1) is 0 Å². The topological polar surface area (TPSA) is 84.2 Å². The maximum Gasteiger partial charge on any atom is 0.221 e. The van der Waals surface area contributed by atoms with E-state index in [1.807, 2.05) is 13.8 Å². The van der Waals surface area contributed by atoms with Crippen LogP contribution in [0, 0.1) is 0 Å². The molecule has 0 aliphatic carbocycles. The zero-order valence-electron chi connectivity index (χ0n) is 10.2. The fraction of sp³-hybridized carbons (Fsp3) is 0.818. The molecule has 16 heavy (non-hydrogen) atoms. The minimum Gasteiger partial charge on any atom is -0.356 e. The summed E-state index contributed by atoms with van der Waals surface area (Å²) >= 11 is 0. The van der Waals surface area contributed by atoms with Crippen LogP contribution < -0.4 is 16.4 Å². The lowest BCUT2D eigenvalue weighted by Crippen LogP contribution is -2.34. The minimum atomic E-state index is -0.0303. The molecule has 2 amide bonds. The highest BCUT2D eigenvalue weighted by Gasteiger charge is 2.04. The fourth-order valence-corrected chi connectivity index (χ4v) is 1.23. The third-order valence-corrected chi connectivity index (χ3v) is 1.98. The molecule has 0 spiro atoms. The SMILES string of the molecule is CC(C)NC(=O)CCNC(=O)CCCCN. The van der Waals surface area contributed by atoms with E-state index < -0.39 is 0 Å². The second kappa shape index (κ2) is 9.15. The normalized spacial score (nSPS) is 10.2. The summed E-state index contributed by atoms with van der Waals surface area (Å²) in [7, 11) is 0. The number of carbonyl (C=O) groups is 2. The van der Waals surface area contributed by atoms with Gasteiger partial charge in [0.2, 0.25) is 11.8 Å². The molecule has 0 unspecified atom stereocenters. The Hall–Kier alpha value is -1.10. The van der Waals surface area contributed by atoms with Crippen LogP contribution in [0.2, 0.25) is 0 Å². The number of hydrogen-bond donors (Lipinski definition) is 3. The summed E-state index contributed by atoms with van der Waals surface area (Å²) < 4.78 is 0. The Kier molecular flexibility index (Phi) is 8.52. The largest absolute Gasteiger partial charge is 0.356 e. The Labute approximate surface area is 97.2 Å². The van der Waals surface area contributed by atoms with Crippen LogP contribution in [-0.4, -0.2) is 30.9 Å². The molecule has 0 bridgehead atoms. The lowest BCUT2D eigenvalue weighted by Gasteiger charge is -2.08. The van der Waals surface area contributed by atoms with Gasteiger partial charge >= 0.3 is 0 Å². The van der Waals surface area contributed by atoms with Crippen molar-refractivity contribution >= 4 is 11.8 Å². The molecule has 0 fully saturated rings. The number of nitrogens with two attached hydrogens (primary N) is 1. The molecule has 0 aliphatic rings. The van der Waals surface area contributed by atoms with E-state index in [0.29, 0.717) is 25.9 Å². The van der Waals surface area contributed by atoms with Gasteiger partial charge in [0, 0.05) is 25.4 Å². The number of nitrogens with one attached hydrogen (secondary N) is 2. The second-order valence-electron chi connectivity index (χ2n) is 4.07. The first-order valence-corrected chi connectivity index (χ1v) is 5.82. The van der Waals surface area contributed by atoms with E-state index in [1.54, 1.807) is 0 Å². The van der Waals surface area contributed by atoms with E-state index in [9.17, 15) is 9.59 Å². The smallest absolute Gasteiger partial charge is 0.221 e. The summed E-state index contributed by atoms with van der Waals surface area (Å²) in [4.78, 5) is 22.5. The van der Waals surface area contributed by atoms with Crippen LogP contribution in [-0.2, 0) is 9.59 Å². The number of rotatable bonds is 8. The van der Waals surface area contributed by atoms with Gasteiger partial charge in [-0.05, 0) is 33.2 Å². The lowest BCUT2D eigenvalue weighted by molar-refractivity contribution is -0.122. The highest BCUT2D eigenvalue weighted by molar-refractivity contribution is 5.79. The maximum atomic E-state index is 11.2. The molecule has 4 N–H and O–H groups in total. The van der Waals surface area contributed by atoms with Gasteiger partial charge in [0.05, 0.1) is 0 Å². The Bertz CT molecular complexity index is 217. The molecular weight excluding hydrogens is 206 g/mol. The zero-order valence-corrected chi connectivity index (χ0v) is 10.2. The Morgan fingerprint density at radius 1 is 1.12 bits per heavy atom. The van der Waals surface area contributed by atoms with Gasteiger partial charge in [0.25, 0.3) is 0 Å². The summed E-state index contributed by atoms with van der Waals surface area (Å²) in [6.07, 6.45) is 2.49. The third-order valence-electron chi connectivity index (χ3n) is 1.98. The predicted octanol–water partition coefficient (Wildman–Crippen LogP) is 0.146. The third kappa shape index (κ3) is 9.45. The van der Waals surface area contributed by atoms with Crippen molar-refractivity contribution in [1.29, 1.82) is 0 Å². The van der Waals surface area contributed by atoms with Crippen molar-refractivity contribution in [3.8, 4) is 0 Å². The molecule has 0 heterocycles. The molecule has 0 aromatic rings. The van der Waals surface area contributed by atoms with Crippen LogP contribution in [0.1, 0.15) is 39.5 Å². The first-order chi connectivity index (χ1) is 7.56. The van der Waals surface area contributed by atoms with Gasteiger partial charge in [-0.2, -0.15) is 0 Å². The lowest BCUT2D eigenvalue weighted by atomic mass is 10.2. The van der Waals surface area contributed by atoms with Crippen molar-refractivity contribution in [2.24, 2.45) is 5.73 Å². The van der Waals surface area contributed by atoms with Crippen LogP contribution in [0.25, 0.3) is 0 Å². The zero-order chi connectivity index (χ0) is 12.4. The maximum absolute atomic E-state index is 11.2. The van der Waals surface area contributed by atoms with Crippen LogP contribution in [0.3, 0.4) is 0 Å². The van der Waals surface area contributed by atoms with Gasteiger partial charge in [-0.25, -0.2) is 0 Å². The van der Waals surface area contributed by atoms with E-state index in [1.165, 1.54) is 0 Å². The van der Waals surface area contributed by atoms with Crippen molar-refractivity contribution < 1.29 is 9.59 Å². The monoisotopic (exact) mass is 229 g/mol. The van der Waals surface area contributed by atoms with E-state index in [0.717, 1.165) is 12.8 Å². The van der Waals surface area contributed by atoms with Crippen molar-refractivity contribution in [3.05, 3.63) is 0 Å². The van der Waals surface area contributed by atoms with Gasteiger partial charge < -0.3 is 16.4 Å². The van der Waals surface area contributed by atoms with Gasteiger partial charge in [-0.1, -0.05) is 0 Å². The average Bonchev–Trinajstić information content (AvgIpc) is 2.17. The molecule has 0 atom stereocenters. The summed E-state index contributed by atoms with van der Waals surface area (Å²) in [5.41, 5.74) is 5.32. The van der Waals surface area contributed by atoms with Crippen molar-refractivity contribution in [3.63, 3.8) is 0 Å². The van der Waals surface area contributed by atoms with E-state index >= 15 is 0 Å². The number of amides is 2. The number of unbranched alkanes of at least 4 members (excludes halogenated alkanes) is 1. The fourth-order valence-electron chi connectivity index (χ4n) is 1.23. The van der Waals surface area contributed by atoms with Gasteiger partial charge in [0.1, 0.15) is 0 Å². The number of carbonyl (C=O) groups excluding carboxylic acids is 2. The molecular formula is C11H23N3O2. The summed E-state index contributed by atoms with van der Waals surface area (Å²) in [5.74, 6) is -0.0388. The molecule has 0 saturated heterocycles. The Morgan fingerprint density at radius 3 is 2.38 bits per heavy atom. The summed E-state index contributed by atoms with van der Waals surface area (Å²) in [5, 5.41) is 5.47. The molecule has 0 radical (unpaired) electrons. The first-order valence-electron chi connectivity index (χ1n) is 5.82. The van der Waals surface area contributed by atoms with E-state index in [2.05, 4.69) is 10.6 Å². The standard InChI is InChI=1S/C11H23N3O2/c1-9(2)14-11(16)6-8-13-10(15)5-3-4-7-12/h9H,3-8,12H2,1-2H3,(H,13,15)(H,14,16). The molecule has 0 aromatic heterocycles. The van der Waals surface area contributed by atoms with Crippen LogP contribution in [0.15, 0.2) is 0 Å². The second-order valence-corrected chi connectivity index (χ2v) is 4.07. The van der Waals surface area contributed by atoms with Crippen molar-refractivity contribution in [2.75, 3.05) is 13.1 Å².